The summed E-state index contributed by atoms with van der Waals surface area (Å²) in [6.07, 6.45) is 0. The highest BCUT2D eigenvalue weighted by Gasteiger charge is 2.27. The van der Waals surface area contributed by atoms with Crippen LogP contribution in [0.4, 0.5) is 0 Å². The molecule has 2 amide bonds. The summed E-state index contributed by atoms with van der Waals surface area (Å²) in [4.78, 5) is 29.0. The third kappa shape index (κ3) is 3.78. The van der Waals surface area contributed by atoms with Gasteiger partial charge in [-0.1, -0.05) is 0 Å². The van der Waals surface area contributed by atoms with Crippen molar-refractivity contribution >= 4 is 22.7 Å². The number of aromatic nitrogens is 1. The average molecular weight is 372 g/mol. The van der Waals surface area contributed by atoms with Crippen molar-refractivity contribution in [3.05, 3.63) is 29.5 Å². The smallest absolute Gasteiger partial charge is 0.256 e. The monoisotopic (exact) mass is 372 g/mol. The molecule has 7 nitrogen and oxygen atoms in total. The molecular formula is C20H28N4O3. The van der Waals surface area contributed by atoms with E-state index >= 15 is 0 Å². The largest absolute Gasteiger partial charge is 0.497 e. The van der Waals surface area contributed by atoms with Gasteiger partial charge in [0, 0.05) is 56.4 Å². The number of hydrogen-bond acceptors (Lipinski definition) is 4. The number of methoxy groups -OCH3 is 1. The van der Waals surface area contributed by atoms with E-state index in [0.29, 0.717) is 39.3 Å². The molecule has 146 valence electrons. The van der Waals surface area contributed by atoms with Crippen molar-refractivity contribution in [3.8, 4) is 5.75 Å². The van der Waals surface area contributed by atoms with Gasteiger partial charge in [-0.15, -0.1) is 0 Å². The Morgan fingerprint density at radius 3 is 2.52 bits per heavy atom. The standard InChI is InChI=1S/C20H28N4O3/c1-5-21-18(25)13-23-8-10-24(11-9-23)20(26)19-14(2)22(3)17-7-6-15(27-4)12-16(17)19/h6-7,12H,5,8-11,13H2,1-4H3,(H,21,25). The number of ether oxygens (including phenoxy) is 1. The average Bonchev–Trinajstić information content (AvgIpc) is 2.92. The normalized spacial score (nSPS) is 15.2. The minimum Gasteiger partial charge on any atom is -0.497 e. The van der Waals surface area contributed by atoms with Crippen LogP contribution in [-0.4, -0.2) is 72.6 Å². The highest BCUT2D eigenvalue weighted by molar-refractivity contribution is 6.08. The highest BCUT2D eigenvalue weighted by Crippen LogP contribution is 2.29. The SMILES string of the molecule is CCNC(=O)CN1CCN(C(=O)c2c(C)n(C)c3ccc(OC)cc23)CC1. The van der Waals surface area contributed by atoms with E-state index in [9.17, 15) is 9.59 Å². The Labute approximate surface area is 159 Å². The van der Waals surface area contributed by atoms with Crippen LogP contribution in [0.15, 0.2) is 18.2 Å². The molecule has 0 saturated carbocycles. The van der Waals surface area contributed by atoms with Crippen molar-refractivity contribution < 1.29 is 14.3 Å². The highest BCUT2D eigenvalue weighted by atomic mass is 16.5. The number of nitrogens with zero attached hydrogens (tertiary/aromatic N) is 3. The maximum atomic E-state index is 13.3. The fourth-order valence-electron chi connectivity index (χ4n) is 3.67. The van der Waals surface area contributed by atoms with Crippen molar-refractivity contribution in [2.45, 2.75) is 13.8 Å². The van der Waals surface area contributed by atoms with Crippen molar-refractivity contribution in [2.75, 3.05) is 46.4 Å². The maximum Gasteiger partial charge on any atom is 0.256 e. The number of nitrogens with one attached hydrogen (secondary N) is 1. The van der Waals surface area contributed by atoms with E-state index in [1.807, 2.05) is 48.6 Å². The first kappa shape index (κ1) is 19.2. The second kappa shape index (κ2) is 8.00. The van der Waals surface area contributed by atoms with Crippen LogP contribution in [0.1, 0.15) is 23.0 Å². The third-order valence-corrected chi connectivity index (χ3v) is 5.31. The lowest BCUT2D eigenvalue weighted by atomic mass is 10.1. The van der Waals surface area contributed by atoms with Gasteiger partial charge in [0.2, 0.25) is 5.91 Å². The number of carbonyl (C=O) groups excluding carboxylic acids is 2. The Bertz CT molecular complexity index is 851. The first-order chi connectivity index (χ1) is 13.0. The van der Waals surface area contributed by atoms with E-state index in [0.717, 1.165) is 27.9 Å². The predicted octanol–water partition coefficient (Wildman–Crippen LogP) is 1.39. The predicted molar refractivity (Wildman–Crippen MR) is 105 cm³/mol. The van der Waals surface area contributed by atoms with Crippen LogP contribution >= 0.6 is 0 Å². The summed E-state index contributed by atoms with van der Waals surface area (Å²) in [6, 6.07) is 5.83. The zero-order valence-electron chi connectivity index (χ0n) is 16.5. The number of rotatable bonds is 5. The Balaban J connectivity index is 1.77. The van der Waals surface area contributed by atoms with Gasteiger partial charge in [-0.3, -0.25) is 14.5 Å². The molecule has 27 heavy (non-hydrogen) atoms. The van der Waals surface area contributed by atoms with Crippen molar-refractivity contribution in [1.29, 1.82) is 0 Å². The van der Waals surface area contributed by atoms with Crippen LogP contribution in [0, 0.1) is 6.92 Å². The first-order valence-corrected chi connectivity index (χ1v) is 9.37. The lowest BCUT2D eigenvalue weighted by Gasteiger charge is -2.34. The molecule has 2 aromatic rings. The summed E-state index contributed by atoms with van der Waals surface area (Å²) in [5, 5.41) is 3.74. The van der Waals surface area contributed by atoms with Gasteiger partial charge in [-0.25, -0.2) is 0 Å². The van der Waals surface area contributed by atoms with Crippen LogP contribution < -0.4 is 10.1 Å². The number of fused-ring (bicyclic) bond motifs is 1. The molecule has 0 radical (unpaired) electrons. The molecule has 0 aliphatic carbocycles. The Morgan fingerprint density at radius 1 is 1.19 bits per heavy atom. The van der Waals surface area contributed by atoms with E-state index in [1.165, 1.54) is 0 Å². The second-order valence-electron chi connectivity index (χ2n) is 6.92. The van der Waals surface area contributed by atoms with E-state index < -0.39 is 0 Å². The van der Waals surface area contributed by atoms with Gasteiger partial charge in [0.15, 0.2) is 0 Å². The molecule has 1 aromatic carbocycles. The summed E-state index contributed by atoms with van der Waals surface area (Å²) in [7, 11) is 3.61. The summed E-state index contributed by atoms with van der Waals surface area (Å²) in [5.74, 6) is 0.826. The summed E-state index contributed by atoms with van der Waals surface area (Å²) >= 11 is 0. The number of benzene rings is 1. The zero-order valence-corrected chi connectivity index (χ0v) is 16.5. The molecule has 0 spiro atoms. The van der Waals surface area contributed by atoms with Gasteiger partial charge < -0.3 is 19.5 Å². The van der Waals surface area contributed by atoms with Crippen molar-refractivity contribution in [3.63, 3.8) is 0 Å². The molecule has 2 heterocycles. The van der Waals surface area contributed by atoms with Gasteiger partial charge in [0.05, 0.1) is 19.2 Å². The lowest BCUT2D eigenvalue weighted by Crippen LogP contribution is -2.51. The second-order valence-corrected chi connectivity index (χ2v) is 6.92. The molecule has 3 rings (SSSR count). The molecule has 1 aliphatic heterocycles. The van der Waals surface area contributed by atoms with Gasteiger partial charge >= 0.3 is 0 Å². The van der Waals surface area contributed by atoms with Crippen LogP contribution in [-0.2, 0) is 11.8 Å². The molecule has 7 heteroatoms. The van der Waals surface area contributed by atoms with E-state index in [4.69, 9.17) is 4.74 Å². The zero-order chi connectivity index (χ0) is 19.6. The molecule has 0 atom stereocenters. The molecule has 1 aromatic heterocycles. The number of likely N-dealkylation sites (N-methyl/N-ethyl adjacent to an activating group) is 1. The summed E-state index contributed by atoms with van der Waals surface area (Å²) in [5.41, 5.74) is 2.71. The molecule has 1 fully saturated rings. The minimum absolute atomic E-state index is 0.0364. The fourth-order valence-corrected chi connectivity index (χ4v) is 3.67. The van der Waals surface area contributed by atoms with E-state index in [-0.39, 0.29) is 11.8 Å². The van der Waals surface area contributed by atoms with Gasteiger partial charge in [-0.2, -0.15) is 0 Å². The van der Waals surface area contributed by atoms with Crippen LogP contribution in [0.25, 0.3) is 10.9 Å². The van der Waals surface area contributed by atoms with Gasteiger partial charge in [-0.05, 0) is 32.0 Å². The number of aryl methyl sites for hydroxylation is 1. The third-order valence-electron chi connectivity index (χ3n) is 5.31. The summed E-state index contributed by atoms with van der Waals surface area (Å²) < 4.78 is 7.39. The van der Waals surface area contributed by atoms with Crippen molar-refractivity contribution in [2.24, 2.45) is 7.05 Å². The number of amides is 2. The minimum atomic E-state index is 0.0364. The van der Waals surface area contributed by atoms with E-state index in [2.05, 4.69) is 10.2 Å². The van der Waals surface area contributed by atoms with E-state index in [1.54, 1.807) is 7.11 Å². The van der Waals surface area contributed by atoms with Crippen LogP contribution in [0.3, 0.4) is 0 Å². The van der Waals surface area contributed by atoms with Gasteiger partial charge in [0.25, 0.3) is 5.91 Å². The number of piperazine rings is 1. The Hall–Kier alpha value is -2.54. The Kier molecular flexibility index (Phi) is 5.70. The lowest BCUT2D eigenvalue weighted by molar-refractivity contribution is -0.122. The number of carbonyl (C=O) groups is 2. The molecule has 1 saturated heterocycles. The van der Waals surface area contributed by atoms with Crippen LogP contribution in [0.5, 0.6) is 5.75 Å². The number of hydrogen-bond donors (Lipinski definition) is 1. The molecular weight excluding hydrogens is 344 g/mol. The molecule has 0 bridgehead atoms. The molecule has 1 N–H and O–H groups in total. The molecule has 0 unspecified atom stereocenters. The quantitative estimate of drug-likeness (QED) is 0.861. The van der Waals surface area contributed by atoms with Crippen LogP contribution in [0.2, 0.25) is 0 Å². The summed E-state index contributed by atoms with van der Waals surface area (Å²) in [6.45, 7) is 7.57. The topological polar surface area (TPSA) is 66.8 Å². The maximum absolute atomic E-state index is 13.3. The molecule has 1 aliphatic rings. The fraction of sp³-hybridized carbons (Fsp3) is 0.500. The van der Waals surface area contributed by atoms with Gasteiger partial charge in [0.1, 0.15) is 5.75 Å². The first-order valence-electron chi connectivity index (χ1n) is 9.37. The Morgan fingerprint density at radius 2 is 1.89 bits per heavy atom. The van der Waals surface area contributed by atoms with Crippen molar-refractivity contribution in [1.82, 2.24) is 19.7 Å².